The number of methoxy groups -OCH3 is 2. The molecule has 2 aromatic rings. The summed E-state index contributed by atoms with van der Waals surface area (Å²) in [5.41, 5.74) is 3.74. The summed E-state index contributed by atoms with van der Waals surface area (Å²) in [6.45, 7) is 2.02. The Labute approximate surface area is 175 Å². The van der Waals surface area contributed by atoms with E-state index in [1.807, 2.05) is 43.3 Å². The fourth-order valence-electron chi connectivity index (χ4n) is 3.50. The Morgan fingerprint density at radius 1 is 1.10 bits per heavy atom. The Hall–Kier alpha value is -3.35. The van der Waals surface area contributed by atoms with E-state index in [9.17, 15) is 9.59 Å². The molecule has 158 valence electrons. The number of amides is 1. The molecule has 1 heterocycles. The third kappa shape index (κ3) is 4.79. The van der Waals surface area contributed by atoms with E-state index >= 15 is 0 Å². The average Bonchev–Trinajstić information content (AvgIpc) is 3.18. The lowest BCUT2D eigenvalue weighted by Gasteiger charge is -2.24. The molecule has 7 heteroatoms. The van der Waals surface area contributed by atoms with Crippen molar-refractivity contribution in [2.75, 3.05) is 14.2 Å². The SMILES string of the molecule is COc1ccc(C2CC(c3ccc(C)cc3)=NN2C(=O)CCCC(=O)O)c(OC)c1. The summed E-state index contributed by atoms with van der Waals surface area (Å²) >= 11 is 0. The number of carbonyl (C=O) groups is 2. The van der Waals surface area contributed by atoms with Gasteiger partial charge in [-0.2, -0.15) is 5.10 Å². The van der Waals surface area contributed by atoms with Crippen LogP contribution >= 0.6 is 0 Å². The fourth-order valence-corrected chi connectivity index (χ4v) is 3.50. The van der Waals surface area contributed by atoms with Crippen LogP contribution in [-0.4, -0.2) is 41.9 Å². The van der Waals surface area contributed by atoms with Crippen molar-refractivity contribution >= 4 is 17.6 Å². The standard InChI is InChI=1S/C23H26N2O5/c1-15-7-9-16(10-8-15)19-14-20(18-12-11-17(29-2)13-21(18)30-3)25(24-19)22(26)5-4-6-23(27)28/h7-13,20H,4-6,14H2,1-3H3,(H,27,28). The Bertz CT molecular complexity index is 953. The summed E-state index contributed by atoms with van der Waals surface area (Å²) in [5.74, 6) is 0.151. The highest BCUT2D eigenvalue weighted by molar-refractivity contribution is 6.03. The van der Waals surface area contributed by atoms with Gasteiger partial charge in [-0.1, -0.05) is 29.8 Å². The van der Waals surface area contributed by atoms with Crippen LogP contribution in [0, 0.1) is 6.92 Å². The molecular formula is C23H26N2O5. The van der Waals surface area contributed by atoms with Crippen LogP contribution in [0.3, 0.4) is 0 Å². The van der Waals surface area contributed by atoms with Crippen LogP contribution in [0.5, 0.6) is 11.5 Å². The quantitative estimate of drug-likeness (QED) is 0.712. The molecule has 0 spiro atoms. The van der Waals surface area contributed by atoms with Gasteiger partial charge in [0.2, 0.25) is 5.91 Å². The lowest BCUT2D eigenvalue weighted by Crippen LogP contribution is -2.27. The highest BCUT2D eigenvalue weighted by Crippen LogP contribution is 2.39. The van der Waals surface area contributed by atoms with Crippen LogP contribution < -0.4 is 9.47 Å². The molecule has 0 aliphatic carbocycles. The van der Waals surface area contributed by atoms with E-state index < -0.39 is 5.97 Å². The van der Waals surface area contributed by atoms with Gasteiger partial charge in [0.05, 0.1) is 26.0 Å². The lowest BCUT2D eigenvalue weighted by atomic mass is 9.97. The molecule has 1 aliphatic rings. The lowest BCUT2D eigenvalue weighted by molar-refractivity contribution is -0.137. The summed E-state index contributed by atoms with van der Waals surface area (Å²) in [4.78, 5) is 23.7. The zero-order valence-corrected chi connectivity index (χ0v) is 17.4. The first-order valence-electron chi connectivity index (χ1n) is 9.83. The van der Waals surface area contributed by atoms with Gasteiger partial charge >= 0.3 is 5.97 Å². The van der Waals surface area contributed by atoms with E-state index in [1.54, 1.807) is 20.3 Å². The predicted molar refractivity (Wildman–Crippen MR) is 113 cm³/mol. The molecule has 1 unspecified atom stereocenters. The van der Waals surface area contributed by atoms with Crippen molar-refractivity contribution in [3.8, 4) is 11.5 Å². The van der Waals surface area contributed by atoms with Crippen LogP contribution in [0.25, 0.3) is 0 Å². The van der Waals surface area contributed by atoms with E-state index in [-0.39, 0.29) is 31.2 Å². The minimum atomic E-state index is -0.915. The molecule has 1 N–H and O–H groups in total. The predicted octanol–water partition coefficient (Wildman–Crippen LogP) is 3.94. The maximum Gasteiger partial charge on any atom is 0.303 e. The summed E-state index contributed by atoms with van der Waals surface area (Å²) < 4.78 is 10.8. The number of aliphatic carboxylic acids is 1. The molecule has 1 aliphatic heterocycles. The van der Waals surface area contributed by atoms with Crippen LogP contribution in [0.1, 0.15) is 48.4 Å². The number of hydrogen-bond donors (Lipinski definition) is 1. The van der Waals surface area contributed by atoms with Crippen molar-refractivity contribution in [3.05, 3.63) is 59.2 Å². The van der Waals surface area contributed by atoms with E-state index in [4.69, 9.17) is 14.6 Å². The van der Waals surface area contributed by atoms with Gasteiger partial charge in [-0.15, -0.1) is 0 Å². The summed E-state index contributed by atoms with van der Waals surface area (Å²) in [6, 6.07) is 13.2. The molecule has 0 saturated carbocycles. The van der Waals surface area contributed by atoms with E-state index in [1.165, 1.54) is 5.01 Å². The number of ether oxygens (including phenoxy) is 2. The second kappa shape index (κ2) is 9.43. The number of benzene rings is 2. The maximum atomic E-state index is 12.9. The van der Waals surface area contributed by atoms with Crippen molar-refractivity contribution in [2.24, 2.45) is 5.10 Å². The molecule has 0 radical (unpaired) electrons. The van der Waals surface area contributed by atoms with Gasteiger partial charge in [0.15, 0.2) is 0 Å². The number of hydrazone groups is 1. The molecule has 1 amide bonds. The van der Waals surface area contributed by atoms with Gasteiger partial charge in [0.25, 0.3) is 0 Å². The van der Waals surface area contributed by atoms with Gasteiger partial charge in [0.1, 0.15) is 11.5 Å². The number of aryl methyl sites for hydroxylation is 1. The van der Waals surface area contributed by atoms with Crippen molar-refractivity contribution in [3.63, 3.8) is 0 Å². The molecule has 0 aromatic heterocycles. The Balaban J connectivity index is 1.93. The number of rotatable bonds is 8. The number of hydrogen-bond acceptors (Lipinski definition) is 5. The molecule has 0 fully saturated rings. The smallest absolute Gasteiger partial charge is 0.303 e. The molecule has 2 aromatic carbocycles. The maximum absolute atomic E-state index is 12.9. The first-order valence-corrected chi connectivity index (χ1v) is 9.83. The normalized spacial score (nSPS) is 15.6. The Morgan fingerprint density at radius 3 is 2.47 bits per heavy atom. The largest absolute Gasteiger partial charge is 0.497 e. The van der Waals surface area contributed by atoms with Gasteiger partial charge in [-0.3, -0.25) is 9.59 Å². The number of carboxylic acid groups (broad SMARTS) is 1. The molecule has 0 saturated heterocycles. The first kappa shape index (κ1) is 21.4. The summed E-state index contributed by atoms with van der Waals surface area (Å²) in [6.07, 6.45) is 0.875. The zero-order valence-electron chi connectivity index (χ0n) is 17.4. The van der Waals surface area contributed by atoms with E-state index in [0.29, 0.717) is 17.9 Å². The van der Waals surface area contributed by atoms with Gasteiger partial charge < -0.3 is 14.6 Å². The molecule has 1 atom stereocenters. The Kier molecular flexibility index (Phi) is 6.72. The average molecular weight is 410 g/mol. The highest BCUT2D eigenvalue weighted by atomic mass is 16.5. The van der Waals surface area contributed by atoms with Crippen molar-refractivity contribution in [1.82, 2.24) is 5.01 Å². The minimum absolute atomic E-state index is 0.0510. The molecular weight excluding hydrogens is 384 g/mol. The summed E-state index contributed by atoms with van der Waals surface area (Å²) in [5, 5.41) is 15.0. The topological polar surface area (TPSA) is 88.4 Å². The van der Waals surface area contributed by atoms with Gasteiger partial charge in [-0.25, -0.2) is 5.01 Å². The number of carbonyl (C=O) groups excluding carboxylic acids is 1. The zero-order chi connectivity index (χ0) is 21.7. The van der Waals surface area contributed by atoms with Crippen molar-refractivity contribution in [2.45, 2.75) is 38.6 Å². The highest BCUT2D eigenvalue weighted by Gasteiger charge is 2.34. The molecule has 3 rings (SSSR count). The minimum Gasteiger partial charge on any atom is -0.497 e. The Morgan fingerprint density at radius 2 is 1.83 bits per heavy atom. The second-order valence-electron chi connectivity index (χ2n) is 7.23. The number of nitrogens with zero attached hydrogens (tertiary/aromatic N) is 2. The third-order valence-electron chi connectivity index (χ3n) is 5.13. The first-order chi connectivity index (χ1) is 14.4. The van der Waals surface area contributed by atoms with Gasteiger partial charge in [-0.05, 0) is 31.0 Å². The molecule has 7 nitrogen and oxygen atoms in total. The molecule has 0 bridgehead atoms. The second-order valence-corrected chi connectivity index (χ2v) is 7.23. The van der Waals surface area contributed by atoms with Crippen molar-refractivity contribution < 1.29 is 24.2 Å². The van der Waals surface area contributed by atoms with E-state index in [2.05, 4.69) is 5.10 Å². The van der Waals surface area contributed by atoms with Crippen LogP contribution in [0.4, 0.5) is 0 Å². The van der Waals surface area contributed by atoms with Crippen LogP contribution in [0.15, 0.2) is 47.6 Å². The van der Waals surface area contributed by atoms with Crippen LogP contribution in [0.2, 0.25) is 0 Å². The van der Waals surface area contributed by atoms with Crippen LogP contribution in [-0.2, 0) is 9.59 Å². The fraction of sp³-hybridized carbons (Fsp3) is 0.348. The third-order valence-corrected chi connectivity index (χ3v) is 5.13. The number of carboxylic acids is 1. The summed E-state index contributed by atoms with van der Waals surface area (Å²) in [7, 11) is 3.16. The monoisotopic (exact) mass is 410 g/mol. The van der Waals surface area contributed by atoms with Gasteiger partial charge in [0, 0.05) is 30.9 Å². The van der Waals surface area contributed by atoms with Crippen molar-refractivity contribution in [1.29, 1.82) is 0 Å². The van der Waals surface area contributed by atoms with E-state index in [0.717, 1.165) is 22.4 Å². The molecule has 30 heavy (non-hydrogen) atoms.